The smallest absolute Gasteiger partial charge is 0.308 e. The SMILES string of the molecule is CCI.CCOCC1CCC(C(=O)O)CC1.CCOCC1CCC(C(=O)OCC)CC1.CO.O=C(O)C1CCC(CO)CC1. The third kappa shape index (κ3) is 22.5. The van der Waals surface area contributed by atoms with Gasteiger partial charge >= 0.3 is 17.9 Å². The van der Waals surface area contributed by atoms with Gasteiger partial charge in [-0.2, -0.15) is 0 Å². The van der Waals surface area contributed by atoms with Crippen molar-refractivity contribution in [3.8, 4) is 0 Å². The van der Waals surface area contributed by atoms with Gasteiger partial charge in [0, 0.05) is 40.1 Å². The molecule has 3 fully saturated rings. The van der Waals surface area contributed by atoms with E-state index in [1.165, 1.54) is 4.43 Å². The molecule has 3 saturated carbocycles. The van der Waals surface area contributed by atoms with E-state index in [2.05, 4.69) is 29.5 Å². The number of hydrogen-bond acceptors (Lipinski definition) is 8. The lowest BCUT2D eigenvalue weighted by molar-refractivity contribution is -0.149. The van der Waals surface area contributed by atoms with Gasteiger partial charge in [-0.15, -0.1) is 0 Å². The first-order chi connectivity index (χ1) is 21.2. The first kappa shape index (κ1) is 45.1. The molecule has 44 heavy (non-hydrogen) atoms. The average molecular weight is 747 g/mol. The van der Waals surface area contributed by atoms with Crippen molar-refractivity contribution in [2.75, 3.05) is 51.2 Å². The highest BCUT2D eigenvalue weighted by molar-refractivity contribution is 14.1. The molecule has 0 aromatic carbocycles. The Labute approximate surface area is 280 Å². The van der Waals surface area contributed by atoms with Gasteiger partial charge in [0.2, 0.25) is 0 Å². The van der Waals surface area contributed by atoms with E-state index in [1.807, 2.05) is 20.8 Å². The molecule has 0 saturated heterocycles. The number of aliphatic hydroxyl groups excluding tert-OH is 2. The van der Waals surface area contributed by atoms with E-state index in [0.29, 0.717) is 24.4 Å². The number of halogens is 1. The number of carbonyl (C=O) groups is 3. The third-order valence-electron chi connectivity index (χ3n) is 8.23. The standard InChI is InChI=1S/C12H22O3.C10H18O3.C8H14O3.C2H5I.CH4O/c1-3-14-9-10-5-7-11(8-6-10)12(13)15-4-2;1-2-13-7-8-3-5-9(6-4-8)10(11)12;9-5-6-1-3-7(4-2-6)8(10)11;1-2-3;1-2/h10-11H,3-9H2,1-2H3;8-9H,2-7H2,1H3,(H,11,12);6-7,9H,1-5H2,(H,10,11);2H2,1H3;2H,1H3. The molecule has 10 nitrogen and oxygen atoms in total. The second-order valence-electron chi connectivity index (χ2n) is 11.4. The van der Waals surface area contributed by atoms with Crippen molar-refractivity contribution >= 4 is 40.5 Å². The number of carbonyl (C=O) groups excluding carboxylic acids is 1. The summed E-state index contributed by atoms with van der Waals surface area (Å²) < 4.78 is 17.0. The van der Waals surface area contributed by atoms with Crippen LogP contribution in [-0.2, 0) is 28.6 Å². The van der Waals surface area contributed by atoms with Crippen molar-refractivity contribution in [2.24, 2.45) is 35.5 Å². The Balaban J connectivity index is 0. The molecule has 4 N–H and O–H groups in total. The largest absolute Gasteiger partial charge is 0.481 e. The fourth-order valence-electron chi connectivity index (χ4n) is 5.56. The molecule has 3 aliphatic rings. The maximum absolute atomic E-state index is 11.5. The zero-order valence-electron chi connectivity index (χ0n) is 28.0. The van der Waals surface area contributed by atoms with E-state index in [4.69, 9.17) is 34.6 Å². The van der Waals surface area contributed by atoms with Gasteiger partial charge < -0.3 is 34.6 Å². The molecule has 3 aliphatic carbocycles. The van der Waals surface area contributed by atoms with Crippen molar-refractivity contribution in [1.82, 2.24) is 0 Å². The molecule has 0 atom stereocenters. The van der Waals surface area contributed by atoms with Crippen LogP contribution in [0.25, 0.3) is 0 Å². The number of aliphatic hydroxyl groups is 2. The van der Waals surface area contributed by atoms with Crippen molar-refractivity contribution in [3.63, 3.8) is 0 Å². The van der Waals surface area contributed by atoms with Crippen molar-refractivity contribution in [2.45, 2.75) is 105 Å². The minimum absolute atomic E-state index is 0.00707. The van der Waals surface area contributed by atoms with Crippen LogP contribution in [0.3, 0.4) is 0 Å². The van der Waals surface area contributed by atoms with Gasteiger partial charge in [0.05, 0.1) is 24.4 Å². The monoisotopic (exact) mass is 746 g/mol. The topological polar surface area (TPSA) is 160 Å². The second kappa shape index (κ2) is 30.6. The zero-order valence-corrected chi connectivity index (χ0v) is 30.2. The zero-order chi connectivity index (χ0) is 33.8. The predicted molar refractivity (Wildman–Crippen MR) is 181 cm³/mol. The van der Waals surface area contributed by atoms with Crippen LogP contribution >= 0.6 is 22.6 Å². The molecule has 0 aliphatic heterocycles. The molecule has 262 valence electrons. The molecule has 11 heteroatoms. The number of hydrogen-bond donors (Lipinski definition) is 4. The molecule has 0 aromatic rings. The quantitative estimate of drug-likeness (QED) is 0.109. The van der Waals surface area contributed by atoms with Gasteiger partial charge in [-0.3, -0.25) is 14.4 Å². The van der Waals surface area contributed by atoms with Crippen LogP contribution in [0.15, 0.2) is 0 Å². The first-order valence-electron chi connectivity index (χ1n) is 16.6. The molecule has 0 heterocycles. The molecule has 0 bridgehead atoms. The normalized spacial score (nSPS) is 25.9. The number of carboxylic acids is 2. The average Bonchev–Trinajstić information content (AvgIpc) is 3.05. The van der Waals surface area contributed by atoms with Crippen molar-refractivity contribution in [1.29, 1.82) is 0 Å². The molecule has 0 spiro atoms. The Hall–Kier alpha value is -1.02. The Kier molecular flexibility index (Phi) is 31.4. The van der Waals surface area contributed by atoms with Crippen LogP contribution < -0.4 is 0 Å². The van der Waals surface area contributed by atoms with E-state index in [9.17, 15) is 14.4 Å². The molecule has 0 amide bonds. The number of carboxylic acid groups (broad SMARTS) is 2. The Morgan fingerprint density at radius 1 is 0.591 bits per heavy atom. The summed E-state index contributed by atoms with van der Waals surface area (Å²) in [6.07, 6.45) is 11.0. The number of rotatable bonds is 11. The fourth-order valence-corrected chi connectivity index (χ4v) is 5.56. The number of aliphatic carboxylic acids is 2. The van der Waals surface area contributed by atoms with Crippen LogP contribution in [0.2, 0.25) is 0 Å². The second-order valence-corrected chi connectivity index (χ2v) is 12.9. The van der Waals surface area contributed by atoms with Crippen LogP contribution in [0.4, 0.5) is 0 Å². The van der Waals surface area contributed by atoms with E-state index in [1.54, 1.807) is 0 Å². The van der Waals surface area contributed by atoms with Gasteiger partial charge in [0.15, 0.2) is 0 Å². The molecule has 0 radical (unpaired) electrons. The Bertz CT molecular complexity index is 684. The van der Waals surface area contributed by atoms with Crippen LogP contribution in [0, 0.1) is 35.5 Å². The lowest BCUT2D eigenvalue weighted by atomic mass is 9.82. The Morgan fingerprint density at radius 2 is 0.909 bits per heavy atom. The summed E-state index contributed by atoms with van der Waals surface area (Å²) in [4.78, 5) is 32.6. The number of alkyl halides is 1. The maximum Gasteiger partial charge on any atom is 0.308 e. The minimum Gasteiger partial charge on any atom is -0.481 e. The predicted octanol–water partition coefficient (Wildman–Crippen LogP) is 6.23. The van der Waals surface area contributed by atoms with Crippen molar-refractivity contribution < 1.29 is 49.0 Å². The minimum atomic E-state index is -0.679. The third-order valence-corrected chi connectivity index (χ3v) is 8.23. The highest BCUT2D eigenvalue weighted by atomic mass is 127. The lowest BCUT2D eigenvalue weighted by Gasteiger charge is -2.26. The summed E-state index contributed by atoms with van der Waals surface area (Å²) in [5.41, 5.74) is 0. The summed E-state index contributed by atoms with van der Waals surface area (Å²) in [6.45, 7) is 11.9. The molecule has 0 unspecified atom stereocenters. The van der Waals surface area contributed by atoms with E-state index < -0.39 is 11.9 Å². The van der Waals surface area contributed by atoms with Gasteiger partial charge in [-0.25, -0.2) is 0 Å². The van der Waals surface area contributed by atoms with E-state index >= 15 is 0 Å². The van der Waals surface area contributed by atoms with Crippen LogP contribution in [0.5, 0.6) is 0 Å². The summed E-state index contributed by atoms with van der Waals surface area (Å²) in [7, 11) is 1.00. The van der Waals surface area contributed by atoms with Gasteiger partial charge in [0.1, 0.15) is 0 Å². The molecule has 3 rings (SSSR count). The number of esters is 1. The Morgan fingerprint density at radius 3 is 1.18 bits per heavy atom. The molecule has 0 aromatic heterocycles. The summed E-state index contributed by atoms with van der Waals surface area (Å²) in [5, 5.41) is 33.2. The van der Waals surface area contributed by atoms with Gasteiger partial charge in [-0.1, -0.05) is 29.5 Å². The summed E-state index contributed by atoms with van der Waals surface area (Å²) in [5.74, 6) is 0.166. The van der Waals surface area contributed by atoms with Crippen molar-refractivity contribution in [3.05, 3.63) is 0 Å². The van der Waals surface area contributed by atoms with E-state index in [-0.39, 0.29) is 30.3 Å². The molecular formula is C33H63IO10. The summed E-state index contributed by atoms with van der Waals surface area (Å²) >= 11 is 2.29. The van der Waals surface area contributed by atoms with E-state index in [0.717, 1.165) is 111 Å². The van der Waals surface area contributed by atoms with Crippen LogP contribution in [-0.4, -0.2) is 89.5 Å². The van der Waals surface area contributed by atoms with Crippen LogP contribution in [0.1, 0.15) is 105 Å². The lowest BCUT2D eigenvalue weighted by Crippen LogP contribution is -2.25. The maximum atomic E-state index is 11.5. The highest BCUT2D eigenvalue weighted by Gasteiger charge is 2.28. The number of ether oxygens (including phenoxy) is 3. The van der Waals surface area contributed by atoms with Gasteiger partial charge in [-0.05, 0) is 120 Å². The first-order valence-corrected chi connectivity index (χ1v) is 18.1. The highest BCUT2D eigenvalue weighted by Crippen LogP contribution is 2.30. The summed E-state index contributed by atoms with van der Waals surface area (Å²) in [6, 6.07) is 0. The fraction of sp³-hybridized carbons (Fsp3) is 0.909. The molecular weight excluding hydrogens is 683 g/mol. The van der Waals surface area contributed by atoms with Gasteiger partial charge in [0.25, 0.3) is 0 Å².